The molecule has 1 aliphatic heterocycles. The minimum absolute atomic E-state index is 0.101. The van der Waals surface area contributed by atoms with E-state index in [1.54, 1.807) is 29.0 Å². The maximum Gasteiger partial charge on any atom is 0.250 e. The van der Waals surface area contributed by atoms with Crippen LogP contribution in [0.1, 0.15) is 34.5 Å². The van der Waals surface area contributed by atoms with Crippen LogP contribution in [0.15, 0.2) is 36.8 Å². The summed E-state index contributed by atoms with van der Waals surface area (Å²) in [5.74, 6) is 5.94. The van der Waals surface area contributed by atoms with Crippen molar-refractivity contribution in [2.45, 2.75) is 18.9 Å². The summed E-state index contributed by atoms with van der Waals surface area (Å²) in [5.41, 5.74) is 7.43. The van der Waals surface area contributed by atoms with Gasteiger partial charge in [-0.25, -0.2) is 9.50 Å². The highest BCUT2D eigenvalue weighted by atomic mass is 16.5. The molecule has 0 saturated carbocycles. The Hall–Kier alpha value is -3.44. The Morgan fingerprint density at radius 3 is 2.89 bits per heavy atom. The molecule has 0 bridgehead atoms. The molecule has 1 aliphatic rings. The quantitative estimate of drug-likeness (QED) is 0.701. The van der Waals surface area contributed by atoms with Gasteiger partial charge in [0.05, 0.1) is 25.0 Å². The Balaban J connectivity index is 1.60. The molecule has 0 atom stereocenters. The number of carbonyl (C=O) groups is 1. The van der Waals surface area contributed by atoms with E-state index in [4.69, 9.17) is 15.2 Å². The van der Waals surface area contributed by atoms with E-state index < -0.39 is 5.91 Å². The van der Waals surface area contributed by atoms with Crippen molar-refractivity contribution in [2.75, 3.05) is 13.2 Å². The third kappa shape index (κ3) is 3.88. The molecule has 1 saturated heterocycles. The van der Waals surface area contributed by atoms with Crippen LogP contribution in [0.3, 0.4) is 0 Å². The topological polar surface area (TPSA) is 105 Å². The molecule has 27 heavy (non-hydrogen) atoms. The highest BCUT2D eigenvalue weighted by Crippen LogP contribution is 2.17. The molecule has 4 heterocycles. The lowest BCUT2D eigenvalue weighted by molar-refractivity contribution is 0.0232. The van der Waals surface area contributed by atoms with Crippen molar-refractivity contribution in [3.05, 3.63) is 53.6 Å². The summed E-state index contributed by atoms with van der Waals surface area (Å²) >= 11 is 0. The summed E-state index contributed by atoms with van der Waals surface area (Å²) in [6.07, 6.45) is 6.40. The highest BCUT2D eigenvalue weighted by molar-refractivity contribution is 5.92. The van der Waals surface area contributed by atoms with Crippen molar-refractivity contribution in [1.29, 1.82) is 0 Å². The van der Waals surface area contributed by atoms with Gasteiger partial charge in [-0.05, 0) is 18.1 Å². The zero-order valence-electron chi connectivity index (χ0n) is 14.5. The smallest absolute Gasteiger partial charge is 0.250 e. The number of primary amides is 1. The van der Waals surface area contributed by atoms with E-state index in [1.165, 1.54) is 6.20 Å². The predicted molar refractivity (Wildman–Crippen MR) is 96.2 cm³/mol. The fourth-order valence-electron chi connectivity index (χ4n) is 2.75. The van der Waals surface area contributed by atoms with Gasteiger partial charge in [0.15, 0.2) is 5.65 Å². The molecular formula is C19H17N5O3. The van der Waals surface area contributed by atoms with E-state index in [0.717, 1.165) is 12.8 Å². The number of nitrogens with zero attached hydrogens (tertiary/aromatic N) is 4. The number of rotatable bonds is 3. The number of fused-ring (bicyclic) bond motifs is 1. The zero-order chi connectivity index (χ0) is 18.6. The van der Waals surface area contributed by atoms with Crippen LogP contribution >= 0.6 is 0 Å². The Labute approximate surface area is 155 Å². The molecule has 1 amide bonds. The summed E-state index contributed by atoms with van der Waals surface area (Å²) in [7, 11) is 0. The molecule has 2 N–H and O–H groups in total. The van der Waals surface area contributed by atoms with E-state index in [2.05, 4.69) is 26.9 Å². The molecule has 4 rings (SSSR count). The van der Waals surface area contributed by atoms with E-state index in [1.807, 2.05) is 6.07 Å². The van der Waals surface area contributed by atoms with Crippen LogP contribution in [0, 0.1) is 11.8 Å². The van der Waals surface area contributed by atoms with Gasteiger partial charge < -0.3 is 15.2 Å². The average Bonchev–Trinajstić information content (AvgIpc) is 3.10. The number of hydrogen-bond acceptors (Lipinski definition) is 6. The lowest BCUT2D eigenvalue weighted by Crippen LogP contribution is -2.26. The molecule has 8 heteroatoms. The monoisotopic (exact) mass is 363 g/mol. The molecule has 1 fully saturated rings. The first-order chi connectivity index (χ1) is 13.2. The summed E-state index contributed by atoms with van der Waals surface area (Å²) in [6, 6.07) is 5.23. The predicted octanol–water partition coefficient (Wildman–Crippen LogP) is 1.18. The van der Waals surface area contributed by atoms with E-state index in [0.29, 0.717) is 41.6 Å². The number of hydrogen-bond donors (Lipinski definition) is 1. The van der Waals surface area contributed by atoms with Crippen molar-refractivity contribution in [3.63, 3.8) is 0 Å². The van der Waals surface area contributed by atoms with Crippen LogP contribution in [0.2, 0.25) is 0 Å². The van der Waals surface area contributed by atoms with Crippen molar-refractivity contribution in [3.8, 4) is 17.7 Å². The Kier molecular flexibility index (Phi) is 4.68. The number of pyridine rings is 1. The third-order valence-corrected chi connectivity index (χ3v) is 4.15. The van der Waals surface area contributed by atoms with Gasteiger partial charge in [0.1, 0.15) is 11.8 Å². The number of ether oxygens (including phenoxy) is 2. The molecule has 0 radical (unpaired) electrons. The Morgan fingerprint density at radius 1 is 1.22 bits per heavy atom. The van der Waals surface area contributed by atoms with Crippen LogP contribution in [0.4, 0.5) is 0 Å². The van der Waals surface area contributed by atoms with Gasteiger partial charge in [0, 0.05) is 36.9 Å². The first-order valence-corrected chi connectivity index (χ1v) is 8.55. The number of aromatic nitrogens is 4. The van der Waals surface area contributed by atoms with E-state index in [-0.39, 0.29) is 6.10 Å². The summed E-state index contributed by atoms with van der Waals surface area (Å²) in [4.78, 5) is 19.5. The lowest BCUT2D eigenvalue weighted by atomic mass is 10.2. The first kappa shape index (κ1) is 17.0. The molecule has 8 nitrogen and oxygen atoms in total. The molecule has 3 aromatic rings. The van der Waals surface area contributed by atoms with Gasteiger partial charge >= 0.3 is 0 Å². The van der Waals surface area contributed by atoms with Crippen LogP contribution in [0.5, 0.6) is 5.88 Å². The average molecular weight is 363 g/mol. The number of nitrogens with two attached hydrogens (primary N) is 1. The molecule has 3 aromatic heterocycles. The maximum absolute atomic E-state index is 11.3. The number of carbonyl (C=O) groups excluding carboxylic acids is 1. The van der Waals surface area contributed by atoms with Gasteiger partial charge in [0.2, 0.25) is 11.8 Å². The van der Waals surface area contributed by atoms with Crippen molar-refractivity contribution in [2.24, 2.45) is 5.73 Å². The van der Waals surface area contributed by atoms with Gasteiger partial charge in [0.25, 0.3) is 0 Å². The van der Waals surface area contributed by atoms with Crippen LogP contribution in [-0.4, -0.2) is 44.8 Å². The third-order valence-electron chi connectivity index (χ3n) is 4.15. The lowest BCUT2D eigenvalue weighted by Gasteiger charge is -2.22. The molecule has 0 aromatic carbocycles. The molecule has 136 valence electrons. The van der Waals surface area contributed by atoms with Gasteiger partial charge in [-0.3, -0.25) is 9.78 Å². The van der Waals surface area contributed by atoms with Crippen molar-refractivity contribution >= 4 is 11.6 Å². The summed E-state index contributed by atoms with van der Waals surface area (Å²) < 4.78 is 12.9. The second-order valence-electron chi connectivity index (χ2n) is 6.09. The largest absolute Gasteiger partial charge is 0.473 e. The molecule has 0 aliphatic carbocycles. The molecule has 0 spiro atoms. The van der Waals surface area contributed by atoms with Gasteiger partial charge in [-0.1, -0.05) is 5.92 Å². The van der Waals surface area contributed by atoms with E-state index >= 15 is 0 Å². The second-order valence-corrected chi connectivity index (χ2v) is 6.09. The second kappa shape index (κ2) is 7.43. The zero-order valence-corrected chi connectivity index (χ0v) is 14.5. The normalized spacial score (nSPS) is 14.5. The standard InChI is InChI=1S/C19H17N5O3/c20-19(25)14-9-13(10-21-11-14)1-2-15-12-22-17-3-4-18(23-24(15)17)27-16-5-7-26-8-6-16/h3-4,9-12,16H,5-8H2,(H2,20,25). The highest BCUT2D eigenvalue weighted by Gasteiger charge is 2.16. The Bertz CT molecular complexity index is 1040. The molecule has 0 unspecified atom stereocenters. The van der Waals surface area contributed by atoms with Gasteiger partial charge in [-0.15, -0.1) is 5.10 Å². The van der Waals surface area contributed by atoms with Crippen LogP contribution < -0.4 is 10.5 Å². The minimum atomic E-state index is -0.544. The van der Waals surface area contributed by atoms with Crippen LogP contribution in [-0.2, 0) is 4.74 Å². The number of amides is 1. The molecular weight excluding hydrogens is 346 g/mol. The van der Waals surface area contributed by atoms with E-state index in [9.17, 15) is 4.79 Å². The van der Waals surface area contributed by atoms with Crippen molar-refractivity contribution in [1.82, 2.24) is 19.6 Å². The Morgan fingerprint density at radius 2 is 2.07 bits per heavy atom. The summed E-state index contributed by atoms with van der Waals surface area (Å²) in [5, 5.41) is 4.49. The first-order valence-electron chi connectivity index (χ1n) is 8.55. The van der Waals surface area contributed by atoms with Crippen molar-refractivity contribution < 1.29 is 14.3 Å². The fraction of sp³-hybridized carbons (Fsp3) is 0.263. The number of imidazole rings is 1. The van der Waals surface area contributed by atoms with Crippen LogP contribution in [0.25, 0.3) is 5.65 Å². The fourth-order valence-corrected chi connectivity index (χ4v) is 2.75. The SMILES string of the molecule is NC(=O)c1cncc(C#Cc2cnc3ccc(OC4CCOCC4)nn23)c1. The summed E-state index contributed by atoms with van der Waals surface area (Å²) in [6.45, 7) is 1.40. The maximum atomic E-state index is 11.3. The van der Waals surface area contributed by atoms with Gasteiger partial charge in [-0.2, -0.15) is 0 Å². The minimum Gasteiger partial charge on any atom is -0.473 e.